The molecule has 3 aliphatic rings. The number of likely N-dealkylation sites (tertiary alicyclic amines) is 2. The van der Waals surface area contributed by atoms with Crippen LogP contribution < -0.4 is 0 Å². The molecule has 6 heteroatoms. The van der Waals surface area contributed by atoms with Crippen LogP contribution in [-0.2, 0) is 25.5 Å². The summed E-state index contributed by atoms with van der Waals surface area (Å²) in [6.07, 6.45) is 4.04. The number of amides is 2. The second kappa shape index (κ2) is 9.05. The van der Waals surface area contributed by atoms with Crippen molar-refractivity contribution in [2.24, 2.45) is 11.8 Å². The Labute approximate surface area is 166 Å². The Morgan fingerprint density at radius 2 is 1.64 bits per heavy atom. The van der Waals surface area contributed by atoms with E-state index < -0.39 is 0 Å². The van der Waals surface area contributed by atoms with Crippen molar-refractivity contribution >= 4 is 11.8 Å². The Bertz CT molecular complexity index is 674. The molecule has 1 aromatic carbocycles. The topological polar surface area (TPSA) is 59.1 Å². The highest BCUT2D eigenvalue weighted by atomic mass is 16.7. The minimum Gasteiger partial charge on any atom is -0.350 e. The average molecular weight is 386 g/mol. The lowest BCUT2D eigenvalue weighted by atomic mass is 9.92. The first-order valence-corrected chi connectivity index (χ1v) is 10.5. The van der Waals surface area contributed by atoms with Gasteiger partial charge in [0, 0.05) is 32.1 Å². The summed E-state index contributed by atoms with van der Waals surface area (Å²) in [6.45, 7) is 4.10. The van der Waals surface area contributed by atoms with Crippen molar-refractivity contribution in [1.29, 1.82) is 0 Å². The molecular formula is C22H30N2O4. The van der Waals surface area contributed by atoms with Gasteiger partial charge in [0.25, 0.3) is 0 Å². The monoisotopic (exact) mass is 386 g/mol. The SMILES string of the molecule is O=C(Cc1ccccc1)N1CCCC(C(=O)N2CCCC(C3OCCO3)C2)C1. The van der Waals surface area contributed by atoms with Crippen molar-refractivity contribution in [1.82, 2.24) is 9.80 Å². The zero-order valence-electron chi connectivity index (χ0n) is 16.4. The second-order valence-corrected chi connectivity index (χ2v) is 8.14. The van der Waals surface area contributed by atoms with Crippen LogP contribution in [0.25, 0.3) is 0 Å². The highest BCUT2D eigenvalue weighted by molar-refractivity contribution is 5.82. The number of carbonyl (C=O) groups is 2. The summed E-state index contributed by atoms with van der Waals surface area (Å²) in [5.41, 5.74) is 1.02. The third-order valence-electron chi connectivity index (χ3n) is 6.12. The van der Waals surface area contributed by atoms with E-state index in [0.717, 1.165) is 44.3 Å². The van der Waals surface area contributed by atoms with E-state index in [1.807, 2.05) is 40.1 Å². The number of ether oxygens (including phenoxy) is 2. The minimum absolute atomic E-state index is 0.0855. The van der Waals surface area contributed by atoms with Gasteiger partial charge >= 0.3 is 0 Å². The van der Waals surface area contributed by atoms with E-state index in [4.69, 9.17) is 9.47 Å². The normalized spacial score (nSPS) is 26.4. The number of rotatable bonds is 4. The van der Waals surface area contributed by atoms with E-state index >= 15 is 0 Å². The van der Waals surface area contributed by atoms with Crippen LogP contribution in [0.3, 0.4) is 0 Å². The number of carbonyl (C=O) groups excluding carboxylic acids is 2. The molecule has 28 heavy (non-hydrogen) atoms. The molecule has 3 heterocycles. The number of hydrogen-bond donors (Lipinski definition) is 0. The standard InChI is InChI=1S/C22H30N2O4/c25-20(14-17-6-2-1-3-7-17)23-10-4-8-18(15-23)21(26)24-11-5-9-19(16-24)22-27-12-13-28-22/h1-3,6-7,18-19,22H,4-5,8-16H2. The maximum atomic E-state index is 13.1. The Balaban J connectivity index is 1.33. The minimum atomic E-state index is -0.161. The first kappa shape index (κ1) is 19.4. The van der Waals surface area contributed by atoms with Gasteiger partial charge in [0.2, 0.25) is 11.8 Å². The quantitative estimate of drug-likeness (QED) is 0.795. The molecule has 1 aromatic rings. The van der Waals surface area contributed by atoms with Crippen molar-refractivity contribution in [3.05, 3.63) is 35.9 Å². The summed E-state index contributed by atoms with van der Waals surface area (Å²) in [5.74, 6) is 0.491. The molecule has 3 fully saturated rings. The van der Waals surface area contributed by atoms with E-state index in [2.05, 4.69) is 0 Å². The Morgan fingerprint density at radius 3 is 2.43 bits per heavy atom. The summed E-state index contributed by atoms with van der Waals surface area (Å²) in [5, 5.41) is 0. The van der Waals surface area contributed by atoms with Gasteiger partial charge in [0.15, 0.2) is 6.29 Å². The molecular weight excluding hydrogens is 356 g/mol. The zero-order chi connectivity index (χ0) is 19.3. The molecule has 0 N–H and O–H groups in total. The van der Waals surface area contributed by atoms with Crippen LogP contribution in [0, 0.1) is 11.8 Å². The van der Waals surface area contributed by atoms with Crippen LogP contribution in [0.15, 0.2) is 30.3 Å². The average Bonchev–Trinajstić information content (AvgIpc) is 3.29. The van der Waals surface area contributed by atoms with E-state index in [-0.39, 0.29) is 29.9 Å². The van der Waals surface area contributed by atoms with Crippen LogP contribution in [0.1, 0.15) is 31.2 Å². The molecule has 3 saturated heterocycles. The first-order valence-electron chi connectivity index (χ1n) is 10.5. The summed E-state index contributed by atoms with van der Waals surface area (Å²) in [7, 11) is 0. The van der Waals surface area contributed by atoms with Gasteiger partial charge in [-0.2, -0.15) is 0 Å². The fourth-order valence-electron chi connectivity index (χ4n) is 4.63. The van der Waals surface area contributed by atoms with Crippen LogP contribution in [-0.4, -0.2) is 67.3 Å². The Morgan fingerprint density at radius 1 is 0.929 bits per heavy atom. The van der Waals surface area contributed by atoms with Crippen LogP contribution >= 0.6 is 0 Å². The van der Waals surface area contributed by atoms with Gasteiger partial charge in [-0.05, 0) is 31.2 Å². The predicted molar refractivity (Wildman–Crippen MR) is 104 cm³/mol. The molecule has 0 saturated carbocycles. The van der Waals surface area contributed by atoms with Crippen LogP contribution in [0.2, 0.25) is 0 Å². The van der Waals surface area contributed by atoms with Crippen molar-refractivity contribution < 1.29 is 19.1 Å². The van der Waals surface area contributed by atoms with Gasteiger partial charge in [-0.25, -0.2) is 0 Å². The Kier molecular flexibility index (Phi) is 6.27. The molecule has 0 aliphatic carbocycles. The number of hydrogen-bond acceptors (Lipinski definition) is 4. The molecule has 2 amide bonds. The smallest absolute Gasteiger partial charge is 0.227 e. The lowest BCUT2D eigenvalue weighted by Gasteiger charge is -2.39. The largest absolute Gasteiger partial charge is 0.350 e. The third-order valence-corrected chi connectivity index (χ3v) is 6.12. The van der Waals surface area contributed by atoms with E-state index in [1.165, 1.54) is 0 Å². The van der Waals surface area contributed by atoms with Gasteiger partial charge in [-0.3, -0.25) is 9.59 Å². The van der Waals surface area contributed by atoms with Crippen molar-refractivity contribution in [3.63, 3.8) is 0 Å². The molecule has 0 bridgehead atoms. The third kappa shape index (κ3) is 4.55. The number of benzene rings is 1. The number of nitrogens with zero attached hydrogens (tertiary/aromatic N) is 2. The highest BCUT2D eigenvalue weighted by Crippen LogP contribution is 2.27. The molecule has 0 spiro atoms. The molecule has 4 rings (SSSR count). The van der Waals surface area contributed by atoms with Crippen LogP contribution in [0.4, 0.5) is 0 Å². The molecule has 152 valence electrons. The van der Waals surface area contributed by atoms with Crippen LogP contribution in [0.5, 0.6) is 0 Å². The molecule has 3 aliphatic heterocycles. The van der Waals surface area contributed by atoms with E-state index in [9.17, 15) is 9.59 Å². The fraction of sp³-hybridized carbons (Fsp3) is 0.636. The number of piperidine rings is 2. The maximum Gasteiger partial charge on any atom is 0.227 e. The maximum absolute atomic E-state index is 13.1. The highest BCUT2D eigenvalue weighted by Gasteiger charge is 2.36. The van der Waals surface area contributed by atoms with Crippen molar-refractivity contribution in [3.8, 4) is 0 Å². The van der Waals surface area contributed by atoms with Crippen molar-refractivity contribution in [2.45, 2.75) is 38.4 Å². The van der Waals surface area contributed by atoms with E-state index in [0.29, 0.717) is 32.7 Å². The summed E-state index contributed by atoms with van der Waals surface area (Å²) < 4.78 is 11.3. The first-order chi connectivity index (χ1) is 13.7. The molecule has 2 unspecified atom stereocenters. The molecule has 0 radical (unpaired) electrons. The van der Waals surface area contributed by atoms with Gasteiger partial charge < -0.3 is 19.3 Å². The zero-order valence-corrected chi connectivity index (χ0v) is 16.4. The van der Waals surface area contributed by atoms with E-state index in [1.54, 1.807) is 0 Å². The van der Waals surface area contributed by atoms with Gasteiger partial charge in [0.1, 0.15) is 0 Å². The summed E-state index contributed by atoms with van der Waals surface area (Å²) in [4.78, 5) is 29.7. The van der Waals surface area contributed by atoms with Gasteiger partial charge in [0.05, 0.1) is 25.6 Å². The fourth-order valence-corrected chi connectivity index (χ4v) is 4.63. The lowest BCUT2D eigenvalue weighted by molar-refractivity contribution is -0.146. The van der Waals surface area contributed by atoms with Gasteiger partial charge in [-0.15, -0.1) is 0 Å². The predicted octanol–water partition coefficient (Wildman–Crippen LogP) is 2.08. The van der Waals surface area contributed by atoms with Crippen molar-refractivity contribution in [2.75, 3.05) is 39.4 Å². The molecule has 0 aromatic heterocycles. The summed E-state index contributed by atoms with van der Waals surface area (Å²) in [6, 6.07) is 9.82. The lowest BCUT2D eigenvalue weighted by Crippen LogP contribution is -2.50. The summed E-state index contributed by atoms with van der Waals surface area (Å²) >= 11 is 0. The molecule has 6 nitrogen and oxygen atoms in total. The van der Waals surface area contributed by atoms with Gasteiger partial charge in [-0.1, -0.05) is 30.3 Å². The Hall–Kier alpha value is -1.92. The second-order valence-electron chi connectivity index (χ2n) is 8.14. The molecule has 2 atom stereocenters.